The van der Waals surface area contributed by atoms with Crippen LogP contribution in [-0.2, 0) is 6.18 Å². The van der Waals surface area contributed by atoms with Gasteiger partial charge in [-0.15, -0.1) is 0 Å². The molecule has 0 atom stereocenters. The van der Waals surface area contributed by atoms with Gasteiger partial charge >= 0.3 is 6.18 Å². The quantitative estimate of drug-likeness (QED) is 0.541. The number of nitrogens with zero attached hydrogens (tertiary/aromatic N) is 3. The molecule has 0 unspecified atom stereocenters. The number of hydrogen-bond acceptors (Lipinski definition) is 3. The first kappa shape index (κ1) is 18.7. The summed E-state index contributed by atoms with van der Waals surface area (Å²) in [6.07, 6.45) is -1.32. The fourth-order valence-electron chi connectivity index (χ4n) is 2.15. The van der Waals surface area contributed by atoms with Gasteiger partial charge in [-0.2, -0.15) is 18.3 Å². The number of hydrogen-bond donors (Lipinski definition) is 0. The van der Waals surface area contributed by atoms with Crippen LogP contribution in [0.15, 0.2) is 42.9 Å². The predicted molar refractivity (Wildman–Crippen MR) is 91.7 cm³/mol. The minimum atomic E-state index is -4.55. The Hall–Kier alpha value is -2.09. The van der Waals surface area contributed by atoms with Crippen molar-refractivity contribution in [2.45, 2.75) is 6.18 Å². The van der Waals surface area contributed by atoms with Crippen LogP contribution in [0.2, 0.25) is 15.1 Å². The van der Waals surface area contributed by atoms with Gasteiger partial charge in [0.2, 0.25) is 0 Å². The third kappa shape index (κ3) is 3.70. The van der Waals surface area contributed by atoms with Crippen molar-refractivity contribution >= 4 is 40.7 Å². The molecule has 10 heteroatoms. The van der Waals surface area contributed by atoms with Gasteiger partial charge < -0.3 is 0 Å². The van der Waals surface area contributed by atoms with Crippen LogP contribution in [0.25, 0.3) is 11.3 Å². The molecule has 4 nitrogen and oxygen atoms in total. The van der Waals surface area contributed by atoms with E-state index in [1.54, 1.807) is 0 Å². The van der Waals surface area contributed by atoms with E-state index in [-0.39, 0.29) is 26.9 Å². The zero-order valence-corrected chi connectivity index (χ0v) is 14.8. The van der Waals surface area contributed by atoms with Crippen LogP contribution in [0.3, 0.4) is 0 Å². The summed E-state index contributed by atoms with van der Waals surface area (Å²) in [4.78, 5) is 16.2. The van der Waals surface area contributed by atoms with E-state index in [0.29, 0.717) is 11.2 Å². The number of carbonyl (C=O) groups is 1. The van der Waals surface area contributed by atoms with Crippen molar-refractivity contribution in [1.82, 2.24) is 14.8 Å². The molecule has 3 rings (SSSR count). The van der Waals surface area contributed by atoms with Gasteiger partial charge in [0.05, 0.1) is 33.1 Å². The maximum atomic E-state index is 12.7. The molecule has 0 fully saturated rings. The number of halogens is 6. The maximum Gasteiger partial charge on any atom is 0.417 e. The second-order valence-corrected chi connectivity index (χ2v) is 6.41. The van der Waals surface area contributed by atoms with E-state index in [9.17, 15) is 18.0 Å². The number of benzene rings is 1. The Morgan fingerprint density at radius 2 is 1.77 bits per heavy atom. The van der Waals surface area contributed by atoms with Gasteiger partial charge in [0.1, 0.15) is 0 Å². The zero-order valence-electron chi connectivity index (χ0n) is 12.6. The third-order valence-corrected chi connectivity index (χ3v) is 4.23. The second kappa shape index (κ2) is 6.90. The molecule has 0 aliphatic heterocycles. The number of aromatic nitrogens is 3. The lowest BCUT2D eigenvalue weighted by molar-refractivity contribution is -0.137. The van der Waals surface area contributed by atoms with Crippen molar-refractivity contribution in [1.29, 1.82) is 0 Å². The topological polar surface area (TPSA) is 47.8 Å². The summed E-state index contributed by atoms with van der Waals surface area (Å²) in [6.45, 7) is 0. The molecule has 2 heterocycles. The average molecular weight is 421 g/mol. The molecule has 134 valence electrons. The Kier molecular flexibility index (Phi) is 4.96. The molecule has 0 radical (unpaired) electrons. The highest BCUT2D eigenvalue weighted by molar-refractivity contribution is 6.36. The van der Waals surface area contributed by atoms with Gasteiger partial charge in [0.25, 0.3) is 5.91 Å². The lowest BCUT2D eigenvalue weighted by atomic mass is 10.2. The molecule has 0 saturated heterocycles. The fourth-order valence-corrected chi connectivity index (χ4v) is 2.91. The van der Waals surface area contributed by atoms with Crippen LogP contribution in [-0.4, -0.2) is 20.7 Å². The highest BCUT2D eigenvalue weighted by atomic mass is 35.5. The van der Waals surface area contributed by atoms with E-state index >= 15 is 0 Å². The number of pyridine rings is 1. The maximum absolute atomic E-state index is 12.7. The molecule has 0 amide bonds. The van der Waals surface area contributed by atoms with Gasteiger partial charge in [-0.25, -0.2) is 4.68 Å². The Labute approximate surface area is 160 Å². The normalized spacial score (nSPS) is 11.6. The Bertz CT molecular complexity index is 1000. The van der Waals surface area contributed by atoms with Crippen molar-refractivity contribution in [2.24, 2.45) is 0 Å². The molecule has 0 N–H and O–H groups in total. The van der Waals surface area contributed by atoms with E-state index < -0.39 is 17.6 Å². The van der Waals surface area contributed by atoms with Crippen molar-refractivity contribution in [3.8, 4) is 11.3 Å². The minimum absolute atomic E-state index is 0.0703. The van der Waals surface area contributed by atoms with Gasteiger partial charge in [0, 0.05) is 23.0 Å². The molecular weight excluding hydrogens is 414 g/mol. The predicted octanol–water partition coefficient (Wildman–Crippen LogP) is 5.61. The first-order chi connectivity index (χ1) is 12.2. The highest BCUT2D eigenvalue weighted by Gasteiger charge is 2.31. The van der Waals surface area contributed by atoms with E-state index in [1.807, 2.05) is 0 Å². The van der Waals surface area contributed by atoms with E-state index in [2.05, 4.69) is 10.1 Å². The zero-order chi connectivity index (χ0) is 19.1. The van der Waals surface area contributed by atoms with Crippen LogP contribution in [0, 0.1) is 0 Å². The third-order valence-electron chi connectivity index (χ3n) is 3.39. The van der Waals surface area contributed by atoms with Crippen LogP contribution in [0.4, 0.5) is 13.2 Å². The van der Waals surface area contributed by atoms with Crippen molar-refractivity contribution < 1.29 is 18.0 Å². The first-order valence-electron chi connectivity index (χ1n) is 6.94. The highest BCUT2D eigenvalue weighted by Crippen LogP contribution is 2.34. The molecule has 26 heavy (non-hydrogen) atoms. The fraction of sp³-hybridized carbons (Fsp3) is 0.0625. The minimum Gasteiger partial charge on any atom is -0.267 e. The van der Waals surface area contributed by atoms with Crippen LogP contribution in [0.5, 0.6) is 0 Å². The molecule has 1 aromatic carbocycles. The smallest absolute Gasteiger partial charge is 0.267 e. The number of alkyl halides is 3. The van der Waals surface area contributed by atoms with Gasteiger partial charge in [-0.3, -0.25) is 9.78 Å². The van der Waals surface area contributed by atoms with Crippen LogP contribution >= 0.6 is 34.8 Å². The average Bonchev–Trinajstić information content (AvgIpc) is 3.03. The summed E-state index contributed by atoms with van der Waals surface area (Å²) in [5, 5.41) is 4.20. The Morgan fingerprint density at radius 1 is 1.04 bits per heavy atom. The summed E-state index contributed by atoms with van der Waals surface area (Å²) < 4.78 is 39.0. The van der Waals surface area contributed by atoms with Gasteiger partial charge in [0.15, 0.2) is 0 Å². The molecule has 2 aromatic heterocycles. The number of rotatable bonds is 2. The Morgan fingerprint density at radius 3 is 2.38 bits per heavy atom. The van der Waals surface area contributed by atoms with Crippen molar-refractivity contribution in [3.63, 3.8) is 0 Å². The molecule has 0 bridgehead atoms. The summed E-state index contributed by atoms with van der Waals surface area (Å²) in [5.41, 5.74) is -0.456. The summed E-state index contributed by atoms with van der Waals surface area (Å²) in [5.74, 6) is -0.541. The second-order valence-electron chi connectivity index (χ2n) is 5.16. The molecule has 0 aliphatic rings. The monoisotopic (exact) mass is 419 g/mol. The SMILES string of the molecule is O=C(c1ccc(Cl)cc1Cl)n1cc(-c2ncc(C(F)(F)F)cc2Cl)cn1. The van der Waals surface area contributed by atoms with Crippen molar-refractivity contribution in [2.75, 3.05) is 0 Å². The van der Waals surface area contributed by atoms with Gasteiger partial charge in [-0.1, -0.05) is 34.8 Å². The molecule has 0 spiro atoms. The van der Waals surface area contributed by atoms with Crippen molar-refractivity contribution in [3.05, 3.63) is 69.1 Å². The van der Waals surface area contributed by atoms with E-state index in [1.165, 1.54) is 30.6 Å². The molecule has 0 saturated carbocycles. The summed E-state index contributed by atoms with van der Waals surface area (Å²) in [6, 6.07) is 5.12. The standard InChI is InChI=1S/C16H7Cl3F3N3O/c17-10-1-2-11(12(18)4-10)15(26)25-7-8(5-24-25)14-13(19)3-9(6-23-14)16(20,21)22/h1-7H. The van der Waals surface area contributed by atoms with Gasteiger partial charge in [-0.05, 0) is 24.3 Å². The lowest BCUT2D eigenvalue weighted by Crippen LogP contribution is -2.12. The molecule has 3 aromatic rings. The lowest BCUT2D eigenvalue weighted by Gasteiger charge is -2.08. The number of carbonyl (C=O) groups excluding carboxylic acids is 1. The molecule has 0 aliphatic carbocycles. The summed E-state index contributed by atoms with van der Waals surface area (Å²) in [7, 11) is 0. The van der Waals surface area contributed by atoms with E-state index in [0.717, 1.165) is 10.7 Å². The van der Waals surface area contributed by atoms with Crippen LogP contribution in [0.1, 0.15) is 15.9 Å². The summed E-state index contributed by atoms with van der Waals surface area (Å²) >= 11 is 17.7. The molecular formula is C16H7Cl3F3N3O. The largest absolute Gasteiger partial charge is 0.417 e. The first-order valence-corrected chi connectivity index (χ1v) is 8.08. The van der Waals surface area contributed by atoms with Crippen LogP contribution < -0.4 is 0 Å². The van der Waals surface area contributed by atoms with E-state index in [4.69, 9.17) is 34.8 Å². The Balaban J connectivity index is 1.94.